The van der Waals surface area contributed by atoms with Crippen molar-refractivity contribution in [3.05, 3.63) is 87.2 Å². The Balaban J connectivity index is 1.65. The predicted octanol–water partition coefficient (Wildman–Crippen LogP) is 5.41. The van der Waals surface area contributed by atoms with Crippen LogP contribution in [0, 0.1) is 18.6 Å². The van der Waals surface area contributed by atoms with Gasteiger partial charge in [0, 0.05) is 16.7 Å². The number of benzene rings is 2. The van der Waals surface area contributed by atoms with Crippen molar-refractivity contribution in [3.8, 4) is 0 Å². The van der Waals surface area contributed by atoms with E-state index in [1.54, 1.807) is 17.7 Å². The van der Waals surface area contributed by atoms with Gasteiger partial charge in [0.15, 0.2) is 6.10 Å². The predicted molar refractivity (Wildman–Crippen MR) is 122 cm³/mol. The zero-order valence-corrected chi connectivity index (χ0v) is 19.1. The standard InChI is InChI=1S/C23H19Cl2F2N3O3/c1-13-16(22(25)30(29-13)12-15-6-3-4-7-17(15)24)10-11-20(31)33-14(2)23(32)28-21-18(26)8-5-9-19(21)27/h3-11,14H,12H2,1-2H3,(H,28,32)/b11-10+. The lowest BCUT2D eigenvalue weighted by atomic mass is 10.2. The molecule has 1 heterocycles. The molecule has 0 bridgehead atoms. The van der Waals surface area contributed by atoms with E-state index in [9.17, 15) is 18.4 Å². The third-order valence-electron chi connectivity index (χ3n) is 4.65. The maximum atomic E-state index is 13.7. The van der Waals surface area contributed by atoms with Gasteiger partial charge in [0.25, 0.3) is 5.91 Å². The van der Waals surface area contributed by atoms with Crippen molar-refractivity contribution in [1.82, 2.24) is 9.78 Å². The van der Waals surface area contributed by atoms with Crippen LogP contribution in [-0.4, -0.2) is 27.8 Å². The first kappa shape index (κ1) is 24.4. The third-order valence-corrected chi connectivity index (χ3v) is 5.41. The Bertz CT molecular complexity index is 1210. The molecule has 1 atom stereocenters. The number of carbonyl (C=O) groups excluding carboxylic acids is 2. The lowest BCUT2D eigenvalue weighted by Crippen LogP contribution is -2.30. The number of nitrogens with one attached hydrogen (secondary N) is 1. The SMILES string of the molecule is Cc1nn(Cc2ccccc2Cl)c(Cl)c1/C=C/C(=O)OC(C)C(=O)Nc1c(F)cccc1F. The van der Waals surface area contributed by atoms with E-state index in [4.69, 9.17) is 27.9 Å². The van der Waals surface area contributed by atoms with Crippen molar-refractivity contribution in [1.29, 1.82) is 0 Å². The molecule has 0 saturated heterocycles. The number of hydrogen-bond acceptors (Lipinski definition) is 4. The molecule has 0 aliphatic heterocycles. The largest absolute Gasteiger partial charge is 0.449 e. The Morgan fingerprint density at radius 1 is 1.15 bits per heavy atom. The first-order valence-electron chi connectivity index (χ1n) is 9.77. The van der Waals surface area contributed by atoms with Crippen molar-refractivity contribution in [2.45, 2.75) is 26.5 Å². The summed E-state index contributed by atoms with van der Waals surface area (Å²) in [5.74, 6) is -3.62. The maximum absolute atomic E-state index is 13.7. The Labute approximate surface area is 198 Å². The van der Waals surface area contributed by atoms with Gasteiger partial charge in [0.1, 0.15) is 22.5 Å². The van der Waals surface area contributed by atoms with Crippen LogP contribution in [0.25, 0.3) is 6.08 Å². The van der Waals surface area contributed by atoms with Crippen LogP contribution in [0.2, 0.25) is 10.2 Å². The van der Waals surface area contributed by atoms with Gasteiger partial charge in [-0.25, -0.2) is 18.3 Å². The van der Waals surface area contributed by atoms with Crippen LogP contribution in [0.3, 0.4) is 0 Å². The summed E-state index contributed by atoms with van der Waals surface area (Å²) in [5, 5.41) is 7.30. The molecular weight excluding hydrogens is 475 g/mol. The number of aryl methyl sites for hydroxylation is 1. The lowest BCUT2D eigenvalue weighted by Gasteiger charge is -2.13. The first-order valence-corrected chi connectivity index (χ1v) is 10.5. The summed E-state index contributed by atoms with van der Waals surface area (Å²) in [6, 6.07) is 10.4. The van der Waals surface area contributed by atoms with Crippen LogP contribution >= 0.6 is 23.2 Å². The highest BCUT2D eigenvalue weighted by Crippen LogP contribution is 2.24. The quantitative estimate of drug-likeness (QED) is 0.352. The molecule has 172 valence electrons. The molecule has 0 spiro atoms. The molecule has 33 heavy (non-hydrogen) atoms. The summed E-state index contributed by atoms with van der Waals surface area (Å²) in [4.78, 5) is 24.3. The number of halogens is 4. The van der Waals surface area contributed by atoms with Gasteiger partial charge in [0.05, 0.1) is 12.2 Å². The van der Waals surface area contributed by atoms with Gasteiger partial charge in [-0.05, 0) is 43.7 Å². The molecule has 3 rings (SSSR count). The van der Waals surface area contributed by atoms with Gasteiger partial charge in [-0.3, -0.25) is 4.79 Å². The molecule has 1 aromatic heterocycles. The monoisotopic (exact) mass is 493 g/mol. The van der Waals surface area contributed by atoms with Gasteiger partial charge in [-0.1, -0.05) is 47.5 Å². The zero-order valence-electron chi connectivity index (χ0n) is 17.6. The molecule has 0 fully saturated rings. The van der Waals surface area contributed by atoms with Crippen molar-refractivity contribution in [2.24, 2.45) is 0 Å². The van der Waals surface area contributed by atoms with Gasteiger partial charge in [-0.15, -0.1) is 0 Å². The van der Waals surface area contributed by atoms with Crippen LogP contribution in [0.15, 0.2) is 48.5 Å². The fourth-order valence-electron chi connectivity index (χ4n) is 2.91. The molecule has 1 unspecified atom stereocenters. The molecule has 6 nitrogen and oxygen atoms in total. The first-order chi connectivity index (χ1) is 15.7. The number of hydrogen-bond donors (Lipinski definition) is 1. The highest BCUT2D eigenvalue weighted by Gasteiger charge is 2.20. The van der Waals surface area contributed by atoms with Crippen LogP contribution in [-0.2, 0) is 20.9 Å². The second-order valence-corrected chi connectivity index (χ2v) is 7.80. The van der Waals surface area contributed by atoms with Crippen molar-refractivity contribution < 1.29 is 23.1 Å². The number of anilines is 1. The minimum atomic E-state index is -1.30. The lowest BCUT2D eigenvalue weighted by molar-refractivity contribution is -0.148. The van der Waals surface area contributed by atoms with Gasteiger partial charge >= 0.3 is 5.97 Å². The van der Waals surface area contributed by atoms with Crippen molar-refractivity contribution >= 4 is 46.8 Å². The second-order valence-electron chi connectivity index (χ2n) is 7.04. The minimum absolute atomic E-state index is 0.289. The fraction of sp³-hybridized carbons (Fsp3) is 0.174. The Hall–Kier alpha value is -3.23. The van der Waals surface area contributed by atoms with E-state index in [0.29, 0.717) is 22.8 Å². The molecule has 0 aliphatic rings. The number of carbonyl (C=O) groups is 2. The molecule has 0 radical (unpaired) electrons. The topological polar surface area (TPSA) is 73.2 Å². The van der Waals surface area contributed by atoms with Gasteiger partial charge in [-0.2, -0.15) is 5.10 Å². The molecule has 0 aliphatic carbocycles. The number of ether oxygens (including phenoxy) is 1. The van der Waals surface area contributed by atoms with Crippen LogP contribution in [0.4, 0.5) is 14.5 Å². The molecular formula is C23H19Cl2F2N3O3. The molecule has 0 saturated carbocycles. The van der Waals surface area contributed by atoms with E-state index in [2.05, 4.69) is 10.4 Å². The van der Waals surface area contributed by atoms with Gasteiger partial charge in [0.2, 0.25) is 0 Å². The highest BCUT2D eigenvalue weighted by atomic mass is 35.5. The fourth-order valence-corrected chi connectivity index (χ4v) is 3.40. The number of aromatic nitrogens is 2. The molecule has 3 aromatic rings. The Morgan fingerprint density at radius 2 is 1.82 bits per heavy atom. The van der Waals surface area contributed by atoms with Crippen molar-refractivity contribution in [3.63, 3.8) is 0 Å². The molecule has 1 amide bonds. The summed E-state index contributed by atoms with van der Waals surface area (Å²) in [6.07, 6.45) is 1.20. The number of nitrogens with zero attached hydrogens (tertiary/aromatic N) is 2. The minimum Gasteiger partial charge on any atom is -0.449 e. The Kier molecular flexibility index (Phi) is 7.84. The summed E-state index contributed by atoms with van der Waals surface area (Å²) >= 11 is 12.6. The Morgan fingerprint density at radius 3 is 2.48 bits per heavy atom. The zero-order chi connectivity index (χ0) is 24.1. The average molecular weight is 494 g/mol. The van der Waals surface area contributed by atoms with Gasteiger partial charge < -0.3 is 10.1 Å². The summed E-state index contributed by atoms with van der Waals surface area (Å²) in [7, 11) is 0. The smallest absolute Gasteiger partial charge is 0.331 e. The van der Waals surface area contributed by atoms with E-state index in [1.807, 2.05) is 18.2 Å². The summed E-state index contributed by atoms with van der Waals surface area (Å²) in [6.45, 7) is 3.33. The summed E-state index contributed by atoms with van der Waals surface area (Å²) < 4.78 is 33.9. The summed E-state index contributed by atoms with van der Waals surface area (Å²) in [5.41, 5.74) is 1.27. The number of para-hydroxylation sites is 1. The number of amides is 1. The van der Waals surface area contributed by atoms with E-state index in [1.165, 1.54) is 13.0 Å². The average Bonchev–Trinajstić information content (AvgIpc) is 3.03. The van der Waals surface area contributed by atoms with Crippen LogP contribution < -0.4 is 5.32 Å². The van der Waals surface area contributed by atoms with E-state index < -0.39 is 35.3 Å². The third kappa shape index (κ3) is 5.97. The maximum Gasteiger partial charge on any atom is 0.331 e. The second kappa shape index (κ2) is 10.6. The number of esters is 1. The molecule has 10 heteroatoms. The van der Waals surface area contributed by atoms with E-state index in [0.717, 1.165) is 29.8 Å². The normalized spacial score (nSPS) is 12.1. The van der Waals surface area contributed by atoms with Crippen molar-refractivity contribution in [2.75, 3.05) is 5.32 Å². The number of rotatable bonds is 7. The molecule has 2 aromatic carbocycles. The van der Waals surface area contributed by atoms with Crippen LogP contribution in [0.5, 0.6) is 0 Å². The molecule has 1 N–H and O–H groups in total. The highest BCUT2D eigenvalue weighted by molar-refractivity contribution is 6.32. The van der Waals surface area contributed by atoms with Crippen LogP contribution in [0.1, 0.15) is 23.7 Å². The van der Waals surface area contributed by atoms with E-state index >= 15 is 0 Å². The van der Waals surface area contributed by atoms with E-state index in [-0.39, 0.29) is 5.15 Å².